The van der Waals surface area contributed by atoms with E-state index in [0.29, 0.717) is 5.75 Å². The van der Waals surface area contributed by atoms with Gasteiger partial charge in [0.05, 0.1) is 0 Å². The van der Waals surface area contributed by atoms with Crippen molar-refractivity contribution in [2.45, 2.75) is 0 Å². The molecule has 0 heterocycles. The second-order valence-electron chi connectivity index (χ2n) is 1.43. The Bertz CT molecular complexity index is 205. The van der Waals surface area contributed by atoms with Crippen LogP contribution in [0.5, 0.6) is 5.75 Å². The highest BCUT2D eigenvalue weighted by atomic mass is 32.1. The van der Waals surface area contributed by atoms with Crippen molar-refractivity contribution in [3.8, 4) is 11.2 Å². The summed E-state index contributed by atoms with van der Waals surface area (Å²) in [4.78, 5) is 0. The van der Waals surface area contributed by atoms with E-state index < -0.39 is 0 Å². The Kier molecular flexibility index (Phi) is 5.12. The summed E-state index contributed by atoms with van der Waals surface area (Å²) >= 11 is 3.70. The van der Waals surface area contributed by atoms with Crippen molar-refractivity contribution in [2.75, 3.05) is 0 Å². The predicted molar refractivity (Wildman–Crippen MR) is 41.1 cm³/mol. The summed E-state index contributed by atoms with van der Waals surface area (Å²) < 4.78 is 0. The zero-order valence-electron chi connectivity index (χ0n) is 5.19. The Balaban J connectivity index is 0.000000236. The lowest BCUT2D eigenvalue weighted by molar-refractivity contribution is 0.475. The van der Waals surface area contributed by atoms with Crippen LogP contribution < -0.4 is 0 Å². The minimum atomic E-state index is 0.322. The van der Waals surface area contributed by atoms with E-state index in [0.717, 1.165) is 0 Å². The van der Waals surface area contributed by atoms with Crippen molar-refractivity contribution in [3.05, 3.63) is 30.3 Å². The molecule has 1 N–H and O–H groups in total. The average molecular weight is 152 g/mol. The lowest BCUT2D eigenvalue weighted by Gasteiger charge is -1.82. The smallest absolute Gasteiger partial charge is 0.115 e. The van der Waals surface area contributed by atoms with Crippen LogP contribution in [-0.4, -0.2) is 5.11 Å². The molecule has 0 amide bonds. The van der Waals surface area contributed by atoms with E-state index in [1.807, 2.05) is 6.07 Å². The highest BCUT2D eigenvalue weighted by Crippen LogP contribution is 2.02. The van der Waals surface area contributed by atoms with Gasteiger partial charge in [0.2, 0.25) is 0 Å². The Labute approximate surface area is 65.1 Å². The van der Waals surface area contributed by atoms with Gasteiger partial charge in [0, 0.05) is 0 Å². The molecule has 0 bridgehead atoms. The molecule has 0 saturated heterocycles. The number of aromatic hydroxyl groups is 1. The molecule has 0 atom stereocenters. The summed E-state index contributed by atoms with van der Waals surface area (Å²) in [5, 5.41) is 17.1. The fourth-order valence-corrected chi connectivity index (χ4v) is 0.428. The molecule has 0 aliphatic rings. The molecular weight excluding hydrogens is 146 g/mol. The molecule has 0 fully saturated rings. The largest absolute Gasteiger partial charge is 0.696 e. The monoisotopic (exact) mass is 152 g/mol. The second kappa shape index (κ2) is 5.86. The van der Waals surface area contributed by atoms with Gasteiger partial charge in [-0.2, -0.15) is 0 Å². The van der Waals surface area contributed by atoms with Crippen molar-refractivity contribution in [1.29, 1.82) is 5.26 Å². The zero-order valence-corrected chi connectivity index (χ0v) is 6.01. The number of nitriles is 1. The van der Waals surface area contributed by atoms with Crippen LogP contribution in [0.4, 0.5) is 0 Å². The molecule has 1 rings (SSSR count). The van der Waals surface area contributed by atoms with Gasteiger partial charge in [0.15, 0.2) is 0 Å². The van der Waals surface area contributed by atoms with Gasteiger partial charge < -0.3 is 17.7 Å². The fraction of sp³-hybridized carbons (Fsp3) is 0. The summed E-state index contributed by atoms with van der Waals surface area (Å²) in [6.45, 7) is 0. The van der Waals surface area contributed by atoms with Crippen molar-refractivity contribution in [1.82, 2.24) is 0 Å². The molecule has 0 radical (unpaired) electrons. The van der Waals surface area contributed by atoms with E-state index >= 15 is 0 Å². The molecule has 52 valence electrons. The molecule has 0 aliphatic carbocycles. The number of para-hydroxylation sites is 1. The molecule has 1 aromatic carbocycles. The Hall–Kier alpha value is -1.27. The lowest BCUT2D eigenvalue weighted by Crippen LogP contribution is -1.56. The molecule has 0 aliphatic heterocycles. The van der Waals surface area contributed by atoms with E-state index in [-0.39, 0.29) is 0 Å². The quantitative estimate of drug-likeness (QED) is 0.451. The van der Waals surface area contributed by atoms with Gasteiger partial charge in [0.25, 0.3) is 0 Å². The van der Waals surface area contributed by atoms with Crippen molar-refractivity contribution < 1.29 is 5.11 Å². The van der Waals surface area contributed by atoms with E-state index in [2.05, 4.69) is 12.6 Å². The standard InChI is InChI=1S/C6H6O.CHNS/c7-6-4-2-1-3-5-6;2-1-3/h1-5,7H;3H/p-1. The van der Waals surface area contributed by atoms with Crippen LogP contribution in [0, 0.1) is 10.7 Å². The van der Waals surface area contributed by atoms with Gasteiger partial charge in [-0.05, 0) is 12.1 Å². The maximum atomic E-state index is 8.63. The van der Waals surface area contributed by atoms with Gasteiger partial charge in [-0.25, -0.2) is 5.26 Å². The lowest BCUT2D eigenvalue weighted by atomic mass is 10.3. The minimum absolute atomic E-state index is 0.322. The molecule has 0 aromatic heterocycles. The van der Waals surface area contributed by atoms with Crippen molar-refractivity contribution >= 4 is 12.6 Å². The Morgan fingerprint density at radius 3 is 1.90 bits per heavy atom. The number of benzene rings is 1. The summed E-state index contributed by atoms with van der Waals surface area (Å²) in [6.07, 6.45) is 0. The number of hydrogen-bond acceptors (Lipinski definition) is 3. The minimum Gasteiger partial charge on any atom is -0.696 e. The van der Waals surface area contributed by atoms with Gasteiger partial charge >= 0.3 is 0 Å². The number of thiocyanates is 1. The van der Waals surface area contributed by atoms with Gasteiger partial charge in [-0.3, -0.25) is 0 Å². The second-order valence-corrected chi connectivity index (χ2v) is 1.61. The molecule has 1 aromatic rings. The maximum absolute atomic E-state index is 8.63. The number of phenolic OH excluding ortho intramolecular Hbond substituents is 1. The molecule has 3 heteroatoms. The number of nitrogens with zero attached hydrogens (tertiary/aromatic N) is 1. The highest BCUT2D eigenvalue weighted by Gasteiger charge is 1.74. The molecule has 0 saturated carbocycles. The van der Waals surface area contributed by atoms with Gasteiger partial charge in [-0.15, -0.1) is 0 Å². The first kappa shape index (κ1) is 8.73. The van der Waals surface area contributed by atoms with Gasteiger partial charge in [0.1, 0.15) is 5.75 Å². The van der Waals surface area contributed by atoms with Crippen LogP contribution in [0.25, 0.3) is 0 Å². The highest BCUT2D eigenvalue weighted by molar-refractivity contribution is 7.64. The first-order valence-corrected chi connectivity index (χ1v) is 2.97. The van der Waals surface area contributed by atoms with E-state index in [9.17, 15) is 0 Å². The average Bonchev–Trinajstić information content (AvgIpc) is 1.91. The Morgan fingerprint density at radius 1 is 1.30 bits per heavy atom. The Morgan fingerprint density at radius 2 is 1.70 bits per heavy atom. The summed E-state index contributed by atoms with van der Waals surface area (Å²) in [6, 6.07) is 8.71. The molecule has 0 unspecified atom stereocenters. The summed E-state index contributed by atoms with van der Waals surface area (Å²) in [5.41, 5.74) is 0. The molecular formula is C7H6NOS-. The van der Waals surface area contributed by atoms with Crippen molar-refractivity contribution in [2.24, 2.45) is 0 Å². The van der Waals surface area contributed by atoms with Crippen LogP contribution in [0.2, 0.25) is 0 Å². The number of hydrogen-bond donors (Lipinski definition) is 1. The normalized spacial score (nSPS) is 6.70. The van der Waals surface area contributed by atoms with E-state index in [4.69, 9.17) is 10.4 Å². The van der Waals surface area contributed by atoms with Crippen molar-refractivity contribution in [3.63, 3.8) is 0 Å². The van der Waals surface area contributed by atoms with Crippen LogP contribution >= 0.6 is 0 Å². The topological polar surface area (TPSA) is 44.0 Å². The van der Waals surface area contributed by atoms with Crippen LogP contribution in [0.1, 0.15) is 0 Å². The van der Waals surface area contributed by atoms with Crippen LogP contribution in [-0.2, 0) is 12.6 Å². The third kappa shape index (κ3) is 4.88. The molecule has 10 heavy (non-hydrogen) atoms. The summed E-state index contributed by atoms with van der Waals surface area (Å²) in [7, 11) is 0. The molecule has 0 spiro atoms. The number of phenols is 1. The van der Waals surface area contributed by atoms with E-state index in [1.165, 1.54) is 5.40 Å². The predicted octanol–water partition coefficient (Wildman–Crippen LogP) is 1.41. The summed E-state index contributed by atoms with van der Waals surface area (Å²) in [5.74, 6) is 0.322. The van der Waals surface area contributed by atoms with Crippen LogP contribution in [0.3, 0.4) is 0 Å². The third-order valence-electron chi connectivity index (χ3n) is 0.756. The first-order chi connectivity index (χ1) is 4.81. The van der Waals surface area contributed by atoms with Crippen LogP contribution in [0.15, 0.2) is 30.3 Å². The zero-order chi connectivity index (χ0) is 7.82. The maximum Gasteiger partial charge on any atom is 0.115 e. The fourth-order valence-electron chi connectivity index (χ4n) is 0.428. The SMILES string of the molecule is N#C[S-].Oc1ccccc1. The third-order valence-corrected chi connectivity index (χ3v) is 0.756. The first-order valence-electron chi connectivity index (χ1n) is 2.56. The molecule has 2 nitrogen and oxygen atoms in total. The van der Waals surface area contributed by atoms with Gasteiger partial charge in [-0.1, -0.05) is 23.6 Å². The van der Waals surface area contributed by atoms with E-state index in [1.54, 1.807) is 24.3 Å². The number of rotatable bonds is 0.